The molecule has 0 saturated heterocycles. The molecule has 0 radical (unpaired) electrons. The van der Waals surface area contributed by atoms with Crippen LogP contribution in [0, 0.1) is 0 Å². The van der Waals surface area contributed by atoms with Crippen molar-refractivity contribution in [3.05, 3.63) is 70.9 Å². The van der Waals surface area contributed by atoms with Crippen LogP contribution in [0.15, 0.2) is 54.7 Å². The number of aromatic nitrogens is 1. The molecule has 1 aromatic heterocycles. The number of halogens is 1. The summed E-state index contributed by atoms with van der Waals surface area (Å²) in [5.74, 6) is -1.39. The van der Waals surface area contributed by atoms with Gasteiger partial charge in [0.2, 0.25) is 0 Å². The van der Waals surface area contributed by atoms with Crippen LogP contribution in [0.4, 0.5) is 0 Å². The molecule has 0 fully saturated rings. The number of hydrogen-bond donors (Lipinski definition) is 2. The predicted molar refractivity (Wildman–Crippen MR) is 133 cm³/mol. The minimum atomic E-state index is -0.985. The molecule has 0 saturated carbocycles. The zero-order chi connectivity index (χ0) is 24.8. The summed E-state index contributed by atoms with van der Waals surface area (Å²) < 4.78 is 5.39. The molecule has 34 heavy (non-hydrogen) atoms. The molecule has 1 heterocycles. The summed E-state index contributed by atoms with van der Waals surface area (Å²) in [4.78, 5) is 43.4. The van der Waals surface area contributed by atoms with Crippen molar-refractivity contribution in [3.8, 4) is 0 Å². The number of aromatic amines is 1. The summed E-state index contributed by atoms with van der Waals surface area (Å²) in [7, 11) is 0. The molecule has 3 rings (SSSR count). The lowest BCUT2D eigenvalue weighted by Crippen LogP contribution is -2.47. The summed E-state index contributed by atoms with van der Waals surface area (Å²) >= 11 is 5.92. The average Bonchev–Trinajstić information content (AvgIpc) is 3.19. The number of nitrogens with one attached hydrogen (secondary N) is 2. The maximum absolute atomic E-state index is 13.1. The van der Waals surface area contributed by atoms with Gasteiger partial charge in [-0.2, -0.15) is 0 Å². The van der Waals surface area contributed by atoms with Gasteiger partial charge in [0, 0.05) is 46.2 Å². The number of hydrogen-bond acceptors (Lipinski definition) is 4. The lowest BCUT2D eigenvalue weighted by molar-refractivity contribution is -0.155. The first-order valence-electron chi connectivity index (χ1n) is 11.3. The van der Waals surface area contributed by atoms with E-state index in [-0.39, 0.29) is 24.4 Å². The van der Waals surface area contributed by atoms with Gasteiger partial charge in [-0.25, -0.2) is 4.79 Å². The van der Waals surface area contributed by atoms with Crippen LogP contribution in [0.25, 0.3) is 10.9 Å². The number of H-pyrrole nitrogens is 1. The smallest absolute Gasteiger partial charge is 0.329 e. The molecule has 0 aliphatic carbocycles. The van der Waals surface area contributed by atoms with Gasteiger partial charge < -0.3 is 19.9 Å². The van der Waals surface area contributed by atoms with Crippen molar-refractivity contribution >= 4 is 40.3 Å². The third-order valence-electron chi connectivity index (χ3n) is 5.53. The highest BCUT2D eigenvalue weighted by Crippen LogP contribution is 2.20. The second-order valence-corrected chi connectivity index (χ2v) is 9.13. The van der Waals surface area contributed by atoms with E-state index in [0.717, 1.165) is 16.5 Å². The molecule has 3 aromatic rings. The maximum atomic E-state index is 13.1. The number of carbonyl (C=O) groups excluding carboxylic acids is 3. The van der Waals surface area contributed by atoms with Gasteiger partial charge in [-0.05, 0) is 63.6 Å². The Balaban J connectivity index is 1.78. The Morgan fingerprint density at radius 3 is 2.29 bits per heavy atom. The van der Waals surface area contributed by atoms with Crippen molar-refractivity contribution in [2.75, 3.05) is 6.61 Å². The molecule has 180 valence electrons. The van der Waals surface area contributed by atoms with E-state index in [0.29, 0.717) is 10.6 Å². The molecular weight excluding hydrogens is 454 g/mol. The van der Waals surface area contributed by atoms with Crippen LogP contribution in [0.3, 0.4) is 0 Å². The highest BCUT2D eigenvalue weighted by Gasteiger charge is 2.27. The molecule has 2 amide bonds. The quantitative estimate of drug-likeness (QED) is 0.442. The Morgan fingerprint density at radius 1 is 1.00 bits per heavy atom. The van der Waals surface area contributed by atoms with Crippen LogP contribution < -0.4 is 5.32 Å². The Bertz CT molecular complexity index is 1150. The summed E-state index contributed by atoms with van der Waals surface area (Å²) in [5, 5.41) is 4.21. The van der Waals surface area contributed by atoms with E-state index in [1.165, 1.54) is 0 Å². The van der Waals surface area contributed by atoms with Crippen molar-refractivity contribution in [3.63, 3.8) is 0 Å². The van der Waals surface area contributed by atoms with Gasteiger partial charge in [-0.3, -0.25) is 9.59 Å². The fourth-order valence-corrected chi connectivity index (χ4v) is 4.16. The molecular formula is C26H30ClN3O4. The van der Waals surface area contributed by atoms with E-state index in [2.05, 4.69) is 10.3 Å². The molecule has 1 atom stereocenters. The second kappa shape index (κ2) is 11.2. The molecule has 0 bridgehead atoms. The van der Waals surface area contributed by atoms with Crippen LogP contribution in [-0.4, -0.2) is 52.4 Å². The van der Waals surface area contributed by atoms with Crippen LogP contribution in [0.5, 0.6) is 0 Å². The molecule has 1 unspecified atom stereocenters. The van der Waals surface area contributed by atoms with E-state index in [1.54, 1.807) is 29.2 Å². The number of fused-ring (bicyclic) bond motifs is 1. The Morgan fingerprint density at radius 2 is 1.65 bits per heavy atom. The van der Waals surface area contributed by atoms with Gasteiger partial charge in [0.15, 0.2) is 6.61 Å². The van der Waals surface area contributed by atoms with Crippen molar-refractivity contribution in [1.29, 1.82) is 0 Å². The monoisotopic (exact) mass is 483 g/mol. The minimum Gasteiger partial charge on any atom is -0.454 e. The number of carbonyl (C=O) groups is 3. The van der Waals surface area contributed by atoms with Crippen molar-refractivity contribution in [2.24, 2.45) is 0 Å². The van der Waals surface area contributed by atoms with Gasteiger partial charge in [0.05, 0.1) is 0 Å². The van der Waals surface area contributed by atoms with Gasteiger partial charge >= 0.3 is 5.97 Å². The number of rotatable bonds is 9. The third-order valence-corrected chi connectivity index (χ3v) is 5.79. The number of ether oxygens (including phenoxy) is 1. The topological polar surface area (TPSA) is 91.5 Å². The van der Waals surface area contributed by atoms with E-state index in [9.17, 15) is 14.4 Å². The van der Waals surface area contributed by atoms with E-state index in [4.69, 9.17) is 16.3 Å². The number of esters is 1. The first-order chi connectivity index (χ1) is 16.2. The van der Waals surface area contributed by atoms with Gasteiger partial charge in [0.1, 0.15) is 6.04 Å². The lowest BCUT2D eigenvalue weighted by Gasteiger charge is -2.30. The Hall–Kier alpha value is -3.32. The zero-order valence-corrected chi connectivity index (χ0v) is 20.6. The maximum Gasteiger partial charge on any atom is 0.329 e. The van der Waals surface area contributed by atoms with E-state index in [1.807, 2.05) is 58.2 Å². The predicted octanol–water partition coefficient (Wildman–Crippen LogP) is 4.35. The van der Waals surface area contributed by atoms with Gasteiger partial charge in [-0.1, -0.05) is 29.8 Å². The van der Waals surface area contributed by atoms with Crippen molar-refractivity contribution in [1.82, 2.24) is 15.2 Å². The fourth-order valence-electron chi connectivity index (χ4n) is 4.04. The number of benzene rings is 2. The number of para-hydroxylation sites is 1. The first-order valence-corrected chi connectivity index (χ1v) is 11.6. The Labute approximate surface area is 204 Å². The highest BCUT2D eigenvalue weighted by atomic mass is 35.5. The number of amides is 2. The minimum absolute atomic E-state index is 0.0298. The molecule has 0 aliphatic rings. The third kappa shape index (κ3) is 6.17. The zero-order valence-electron chi connectivity index (χ0n) is 19.8. The summed E-state index contributed by atoms with van der Waals surface area (Å²) in [6, 6.07) is 13.0. The van der Waals surface area contributed by atoms with Crippen molar-refractivity contribution in [2.45, 2.75) is 52.2 Å². The second-order valence-electron chi connectivity index (χ2n) is 8.69. The van der Waals surface area contributed by atoms with Crippen LogP contribution in [0.1, 0.15) is 43.6 Å². The first kappa shape index (κ1) is 25.3. The molecule has 7 nitrogen and oxygen atoms in total. The summed E-state index contributed by atoms with van der Waals surface area (Å²) in [5.41, 5.74) is 2.14. The lowest BCUT2D eigenvalue weighted by atomic mass is 10.0. The largest absolute Gasteiger partial charge is 0.454 e. The molecule has 8 heteroatoms. The molecule has 2 N–H and O–H groups in total. The van der Waals surface area contributed by atoms with E-state index < -0.39 is 24.5 Å². The van der Waals surface area contributed by atoms with Crippen molar-refractivity contribution < 1.29 is 19.1 Å². The Kier molecular flexibility index (Phi) is 8.34. The molecule has 0 aliphatic heterocycles. The average molecular weight is 484 g/mol. The van der Waals surface area contributed by atoms with Crippen LogP contribution in [-0.2, 0) is 20.7 Å². The molecule has 0 spiro atoms. The fraction of sp³-hybridized carbons (Fsp3) is 0.346. The standard InChI is InChI=1S/C26H30ClN3O4/c1-16(2)30(17(3)4)24(31)15-34-26(33)23(29-25(32)18-9-11-20(27)12-10-18)13-19-14-28-22-8-6-5-7-21(19)22/h5-12,14,16-17,23,28H,13,15H2,1-4H3,(H,29,32). The van der Waals surface area contributed by atoms with E-state index >= 15 is 0 Å². The SMILES string of the molecule is CC(C)N(C(=O)COC(=O)C(Cc1c[nH]c2ccccc12)NC(=O)c1ccc(Cl)cc1)C(C)C. The normalized spacial score (nSPS) is 12.1. The van der Waals surface area contributed by atoms with Gasteiger partial charge in [-0.15, -0.1) is 0 Å². The van der Waals surface area contributed by atoms with Crippen LogP contribution >= 0.6 is 11.6 Å². The summed E-state index contributed by atoms with van der Waals surface area (Å²) in [6.45, 7) is 7.24. The van der Waals surface area contributed by atoms with Crippen LogP contribution in [0.2, 0.25) is 5.02 Å². The summed E-state index contributed by atoms with van der Waals surface area (Å²) in [6.07, 6.45) is 2.01. The number of nitrogens with zero attached hydrogens (tertiary/aromatic N) is 1. The highest BCUT2D eigenvalue weighted by molar-refractivity contribution is 6.30. The molecule has 2 aromatic carbocycles. The van der Waals surface area contributed by atoms with Gasteiger partial charge in [0.25, 0.3) is 11.8 Å².